The third kappa shape index (κ3) is 5.33. The Kier molecular flexibility index (Phi) is 7.79. The number of thiophene rings is 1. The molecule has 0 radical (unpaired) electrons. The molecule has 0 saturated carbocycles. The summed E-state index contributed by atoms with van der Waals surface area (Å²) in [7, 11) is 0. The standard InChI is InChI=1S/C57H40N2S/c1-57(2)51-22-11-9-18-45(51)46-31-29-43(36-52(46)57)58(41-27-24-38(25-28-41)37-14-5-3-6-15-37)42-30-33-54-50(35-42)49-34-39(26-32-53(49)59(54)40-16-7-4-8-17-40)44-20-13-21-48-47-19-10-12-23-55(47)60-56(44)48/h3-36H,1-2H3. The van der Waals surface area contributed by atoms with Crippen LogP contribution in [0.4, 0.5) is 17.1 Å². The van der Waals surface area contributed by atoms with Gasteiger partial charge in [-0.15, -0.1) is 11.3 Å². The molecule has 0 spiro atoms. The van der Waals surface area contributed by atoms with E-state index in [9.17, 15) is 0 Å². The summed E-state index contributed by atoms with van der Waals surface area (Å²) < 4.78 is 5.08. The zero-order valence-corrected chi connectivity index (χ0v) is 34.2. The molecular weight excluding hydrogens is 745 g/mol. The Morgan fingerprint density at radius 1 is 0.400 bits per heavy atom. The Balaban J connectivity index is 1.08. The molecule has 0 saturated heterocycles. The van der Waals surface area contributed by atoms with Crippen molar-refractivity contribution < 1.29 is 0 Å². The maximum absolute atomic E-state index is 2.45. The highest BCUT2D eigenvalue weighted by atomic mass is 32.1. The zero-order chi connectivity index (χ0) is 40.0. The van der Waals surface area contributed by atoms with E-state index in [1.165, 1.54) is 86.5 Å². The quantitative estimate of drug-likeness (QED) is 0.163. The van der Waals surface area contributed by atoms with E-state index in [-0.39, 0.29) is 5.41 Å². The Morgan fingerprint density at radius 2 is 0.983 bits per heavy atom. The first kappa shape index (κ1) is 34.8. The summed E-state index contributed by atoms with van der Waals surface area (Å²) in [5.74, 6) is 0. The van der Waals surface area contributed by atoms with Crippen LogP contribution in [0.5, 0.6) is 0 Å². The Morgan fingerprint density at radius 3 is 1.82 bits per heavy atom. The summed E-state index contributed by atoms with van der Waals surface area (Å²) >= 11 is 1.89. The molecule has 60 heavy (non-hydrogen) atoms. The molecule has 0 bridgehead atoms. The fraction of sp³-hybridized carbons (Fsp3) is 0.0526. The van der Waals surface area contributed by atoms with Gasteiger partial charge >= 0.3 is 0 Å². The number of anilines is 3. The second-order valence-electron chi connectivity index (χ2n) is 16.5. The number of hydrogen-bond donors (Lipinski definition) is 0. The van der Waals surface area contributed by atoms with Crippen LogP contribution >= 0.6 is 11.3 Å². The second-order valence-corrected chi connectivity index (χ2v) is 17.6. The fourth-order valence-corrected chi connectivity index (χ4v) is 11.1. The van der Waals surface area contributed by atoms with Gasteiger partial charge in [-0.25, -0.2) is 0 Å². The molecule has 9 aromatic carbocycles. The predicted molar refractivity (Wildman–Crippen MR) is 257 cm³/mol. The molecule has 0 atom stereocenters. The van der Waals surface area contributed by atoms with E-state index in [1.54, 1.807) is 0 Å². The van der Waals surface area contributed by atoms with Crippen LogP contribution in [0.3, 0.4) is 0 Å². The van der Waals surface area contributed by atoms with Gasteiger partial charge in [0.1, 0.15) is 0 Å². The lowest BCUT2D eigenvalue weighted by atomic mass is 9.82. The molecule has 284 valence electrons. The molecule has 12 rings (SSSR count). The number of fused-ring (bicyclic) bond motifs is 9. The van der Waals surface area contributed by atoms with Gasteiger partial charge in [0, 0.05) is 59.1 Å². The van der Waals surface area contributed by atoms with Gasteiger partial charge in [0.15, 0.2) is 0 Å². The van der Waals surface area contributed by atoms with Crippen LogP contribution in [0.25, 0.3) is 81.0 Å². The molecule has 11 aromatic rings. The average Bonchev–Trinajstić information content (AvgIpc) is 3.92. The zero-order valence-electron chi connectivity index (χ0n) is 33.4. The van der Waals surface area contributed by atoms with Crippen LogP contribution < -0.4 is 4.90 Å². The lowest BCUT2D eigenvalue weighted by Gasteiger charge is -2.28. The monoisotopic (exact) mass is 784 g/mol. The molecule has 0 unspecified atom stereocenters. The minimum atomic E-state index is -0.120. The Labute approximate surface area is 353 Å². The van der Waals surface area contributed by atoms with Crippen LogP contribution in [0.1, 0.15) is 25.0 Å². The first-order valence-electron chi connectivity index (χ1n) is 20.8. The summed E-state index contributed by atoms with van der Waals surface area (Å²) in [4.78, 5) is 2.45. The largest absolute Gasteiger partial charge is 0.310 e. The fourth-order valence-electron chi connectivity index (χ4n) is 9.86. The molecule has 0 amide bonds. The normalized spacial score (nSPS) is 13.0. The maximum atomic E-state index is 2.45. The van der Waals surface area contributed by atoms with E-state index in [2.05, 4.69) is 230 Å². The average molecular weight is 785 g/mol. The van der Waals surface area contributed by atoms with Gasteiger partial charge in [0.2, 0.25) is 0 Å². The van der Waals surface area contributed by atoms with E-state index in [4.69, 9.17) is 0 Å². The van der Waals surface area contributed by atoms with Crippen LogP contribution in [-0.2, 0) is 5.41 Å². The van der Waals surface area contributed by atoms with Crippen molar-refractivity contribution in [3.63, 3.8) is 0 Å². The highest BCUT2D eigenvalue weighted by Gasteiger charge is 2.35. The van der Waals surface area contributed by atoms with E-state index >= 15 is 0 Å². The van der Waals surface area contributed by atoms with Gasteiger partial charge in [-0.3, -0.25) is 0 Å². The predicted octanol–water partition coefficient (Wildman–Crippen LogP) is 16.3. The van der Waals surface area contributed by atoms with Crippen molar-refractivity contribution in [2.24, 2.45) is 0 Å². The molecular formula is C57H40N2S. The first-order valence-corrected chi connectivity index (χ1v) is 21.6. The minimum Gasteiger partial charge on any atom is -0.310 e. The number of para-hydroxylation sites is 1. The van der Waals surface area contributed by atoms with Crippen LogP contribution in [0, 0.1) is 0 Å². The molecule has 3 heteroatoms. The summed E-state index contributed by atoms with van der Waals surface area (Å²) in [5.41, 5.74) is 17.1. The van der Waals surface area contributed by atoms with Crippen molar-refractivity contribution in [3.05, 3.63) is 217 Å². The molecule has 2 nitrogen and oxygen atoms in total. The molecule has 0 N–H and O–H groups in total. The van der Waals surface area contributed by atoms with Gasteiger partial charge in [-0.1, -0.05) is 147 Å². The number of aromatic nitrogens is 1. The van der Waals surface area contributed by atoms with Crippen molar-refractivity contribution in [3.8, 4) is 39.1 Å². The molecule has 2 heterocycles. The number of benzene rings is 9. The molecule has 1 aliphatic carbocycles. The summed E-state index contributed by atoms with van der Waals surface area (Å²) in [6, 6.07) is 76.1. The van der Waals surface area contributed by atoms with E-state index in [1.807, 2.05) is 11.3 Å². The minimum absolute atomic E-state index is 0.120. The van der Waals surface area contributed by atoms with Crippen molar-refractivity contribution in [1.29, 1.82) is 0 Å². The van der Waals surface area contributed by atoms with Gasteiger partial charge in [0.05, 0.1) is 11.0 Å². The van der Waals surface area contributed by atoms with E-state index < -0.39 is 0 Å². The van der Waals surface area contributed by atoms with Crippen molar-refractivity contribution in [2.45, 2.75) is 19.3 Å². The third-order valence-corrected chi connectivity index (χ3v) is 14.0. The van der Waals surface area contributed by atoms with Gasteiger partial charge in [-0.05, 0) is 117 Å². The molecule has 0 fully saturated rings. The van der Waals surface area contributed by atoms with Gasteiger partial charge in [-0.2, -0.15) is 0 Å². The van der Waals surface area contributed by atoms with Crippen molar-refractivity contribution in [2.75, 3.05) is 4.90 Å². The lowest BCUT2D eigenvalue weighted by molar-refractivity contribution is 0.660. The third-order valence-electron chi connectivity index (χ3n) is 12.8. The van der Waals surface area contributed by atoms with E-state index in [0.717, 1.165) is 22.7 Å². The maximum Gasteiger partial charge on any atom is 0.0542 e. The number of rotatable bonds is 6. The van der Waals surface area contributed by atoms with Crippen molar-refractivity contribution in [1.82, 2.24) is 4.57 Å². The SMILES string of the molecule is CC1(C)c2ccccc2-c2ccc(N(c3ccc(-c4ccccc4)cc3)c3ccc4c(c3)c3cc(-c5cccc6c5sc5ccccc56)ccc3n4-c3ccccc3)cc21. The van der Waals surface area contributed by atoms with Crippen molar-refractivity contribution >= 4 is 70.4 Å². The Bertz CT molecular complexity index is 3450. The highest BCUT2D eigenvalue weighted by Crippen LogP contribution is 2.51. The van der Waals surface area contributed by atoms with Gasteiger partial charge in [0.25, 0.3) is 0 Å². The van der Waals surface area contributed by atoms with Crippen LogP contribution in [-0.4, -0.2) is 4.57 Å². The highest BCUT2D eigenvalue weighted by molar-refractivity contribution is 7.26. The Hall–Kier alpha value is -7.20. The van der Waals surface area contributed by atoms with Gasteiger partial charge < -0.3 is 9.47 Å². The number of hydrogen-bond acceptors (Lipinski definition) is 2. The molecule has 0 aliphatic heterocycles. The second kappa shape index (κ2) is 13.4. The summed E-state index contributed by atoms with van der Waals surface area (Å²) in [6.07, 6.45) is 0. The molecule has 1 aliphatic rings. The number of nitrogens with zero attached hydrogens (tertiary/aromatic N) is 2. The topological polar surface area (TPSA) is 8.17 Å². The smallest absolute Gasteiger partial charge is 0.0542 e. The summed E-state index contributed by atoms with van der Waals surface area (Å²) in [5, 5.41) is 5.09. The van der Waals surface area contributed by atoms with E-state index in [0.29, 0.717) is 0 Å². The summed E-state index contributed by atoms with van der Waals surface area (Å²) in [6.45, 7) is 4.73. The first-order chi connectivity index (χ1) is 29.5. The van der Waals surface area contributed by atoms with Crippen LogP contribution in [0.15, 0.2) is 206 Å². The van der Waals surface area contributed by atoms with Crippen LogP contribution in [0.2, 0.25) is 0 Å². The lowest BCUT2D eigenvalue weighted by Crippen LogP contribution is -2.16. The molecule has 2 aromatic heterocycles.